The first-order valence-corrected chi connectivity index (χ1v) is 5.84. The fourth-order valence-electron chi connectivity index (χ4n) is 2.09. The minimum Gasteiger partial charge on any atom is -0.318 e. The van der Waals surface area contributed by atoms with Gasteiger partial charge in [0.25, 0.3) is 0 Å². The predicted octanol–water partition coefficient (Wildman–Crippen LogP) is 3.63. The summed E-state index contributed by atoms with van der Waals surface area (Å²) in [6.07, 6.45) is 0. The molecule has 0 aliphatic carbocycles. The van der Waals surface area contributed by atoms with Crippen LogP contribution >= 0.6 is 0 Å². The number of halogens is 3. The molecule has 0 spiro atoms. The normalized spacial score (nSPS) is 14.2. The molecule has 0 radical (unpaired) electrons. The van der Waals surface area contributed by atoms with Gasteiger partial charge in [-0.1, -0.05) is 18.2 Å². The SMILES string of the molecule is Cc1ccc(F)c(C(C)(N)c2cccc(F)c2)c1F. The van der Waals surface area contributed by atoms with Crippen molar-refractivity contribution in [3.63, 3.8) is 0 Å². The van der Waals surface area contributed by atoms with Crippen LogP contribution in [-0.2, 0) is 5.54 Å². The maximum absolute atomic E-state index is 14.1. The van der Waals surface area contributed by atoms with E-state index in [1.807, 2.05) is 0 Å². The van der Waals surface area contributed by atoms with Crippen LogP contribution in [0.2, 0.25) is 0 Å². The second kappa shape index (κ2) is 4.70. The molecule has 0 heterocycles. The van der Waals surface area contributed by atoms with Crippen LogP contribution in [0.15, 0.2) is 36.4 Å². The Labute approximate surface area is 109 Å². The Morgan fingerprint density at radius 3 is 2.37 bits per heavy atom. The maximum Gasteiger partial charge on any atom is 0.134 e. The molecule has 100 valence electrons. The number of hydrogen-bond donors (Lipinski definition) is 1. The first kappa shape index (κ1) is 13.6. The molecular formula is C15H14F3N. The van der Waals surface area contributed by atoms with Crippen LogP contribution in [0.3, 0.4) is 0 Å². The van der Waals surface area contributed by atoms with Gasteiger partial charge >= 0.3 is 0 Å². The Morgan fingerprint density at radius 2 is 1.74 bits per heavy atom. The summed E-state index contributed by atoms with van der Waals surface area (Å²) in [4.78, 5) is 0. The lowest BCUT2D eigenvalue weighted by atomic mass is 9.84. The number of benzene rings is 2. The van der Waals surface area contributed by atoms with Gasteiger partial charge in [-0.2, -0.15) is 0 Å². The van der Waals surface area contributed by atoms with E-state index in [1.54, 1.807) is 6.07 Å². The Morgan fingerprint density at radius 1 is 1.05 bits per heavy atom. The molecule has 0 fully saturated rings. The highest BCUT2D eigenvalue weighted by Crippen LogP contribution is 2.32. The highest BCUT2D eigenvalue weighted by atomic mass is 19.1. The van der Waals surface area contributed by atoms with Crippen LogP contribution in [0, 0.1) is 24.4 Å². The first-order chi connectivity index (χ1) is 8.84. The monoisotopic (exact) mass is 265 g/mol. The van der Waals surface area contributed by atoms with Crippen molar-refractivity contribution >= 4 is 0 Å². The number of aryl methyl sites for hydroxylation is 1. The number of hydrogen-bond acceptors (Lipinski definition) is 1. The van der Waals surface area contributed by atoms with E-state index in [-0.39, 0.29) is 5.56 Å². The summed E-state index contributed by atoms with van der Waals surface area (Å²) in [6.45, 7) is 2.99. The first-order valence-electron chi connectivity index (χ1n) is 5.84. The molecule has 2 aromatic carbocycles. The van der Waals surface area contributed by atoms with Crippen LogP contribution in [0.1, 0.15) is 23.6 Å². The quantitative estimate of drug-likeness (QED) is 0.881. The van der Waals surface area contributed by atoms with Gasteiger partial charge in [0.1, 0.15) is 17.5 Å². The summed E-state index contributed by atoms with van der Waals surface area (Å²) in [6, 6.07) is 7.95. The third kappa shape index (κ3) is 2.36. The van der Waals surface area contributed by atoms with Gasteiger partial charge in [0.2, 0.25) is 0 Å². The summed E-state index contributed by atoms with van der Waals surface area (Å²) in [5.74, 6) is -1.94. The average molecular weight is 265 g/mol. The van der Waals surface area contributed by atoms with Gasteiger partial charge in [0.05, 0.1) is 5.54 Å². The summed E-state index contributed by atoms with van der Waals surface area (Å²) in [7, 11) is 0. The molecule has 0 aliphatic rings. The maximum atomic E-state index is 14.1. The Balaban J connectivity index is 2.66. The van der Waals surface area contributed by atoms with Crippen LogP contribution in [0.4, 0.5) is 13.2 Å². The van der Waals surface area contributed by atoms with E-state index in [0.29, 0.717) is 11.1 Å². The zero-order valence-corrected chi connectivity index (χ0v) is 10.7. The predicted molar refractivity (Wildman–Crippen MR) is 68.1 cm³/mol. The highest BCUT2D eigenvalue weighted by molar-refractivity contribution is 5.40. The van der Waals surface area contributed by atoms with Crippen molar-refractivity contribution in [1.29, 1.82) is 0 Å². The van der Waals surface area contributed by atoms with Crippen molar-refractivity contribution in [2.75, 3.05) is 0 Å². The van der Waals surface area contributed by atoms with E-state index >= 15 is 0 Å². The minimum atomic E-state index is -1.44. The molecule has 4 heteroatoms. The number of nitrogens with two attached hydrogens (primary N) is 1. The zero-order chi connectivity index (χ0) is 14.2. The van der Waals surface area contributed by atoms with Gasteiger partial charge < -0.3 is 5.73 Å². The molecule has 0 amide bonds. The van der Waals surface area contributed by atoms with E-state index in [9.17, 15) is 13.2 Å². The topological polar surface area (TPSA) is 26.0 Å². The summed E-state index contributed by atoms with van der Waals surface area (Å²) in [5.41, 5.74) is 4.97. The zero-order valence-electron chi connectivity index (χ0n) is 10.7. The second-order valence-electron chi connectivity index (χ2n) is 4.77. The summed E-state index contributed by atoms with van der Waals surface area (Å²) >= 11 is 0. The molecular weight excluding hydrogens is 251 g/mol. The molecule has 1 unspecified atom stereocenters. The Kier molecular flexibility index (Phi) is 3.37. The van der Waals surface area contributed by atoms with Crippen molar-refractivity contribution in [1.82, 2.24) is 0 Å². The molecule has 2 rings (SSSR count). The third-order valence-corrected chi connectivity index (χ3v) is 3.23. The highest BCUT2D eigenvalue weighted by Gasteiger charge is 2.31. The lowest BCUT2D eigenvalue weighted by Gasteiger charge is -2.27. The molecule has 1 atom stereocenters. The van der Waals surface area contributed by atoms with Crippen LogP contribution in [0.5, 0.6) is 0 Å². The van der Waals surface area contributed by atoms with E-state index < -0.39 is 23.0 Å². The smallest absolute Gasteiger partial charge is 0.134 e. The molecule has 0 aliphatic heterocycles. The molecule has 0 bridgehead atoms. The molecule has 19 heavy (non-hydrogen) atoms. The van der Waals surface area contributed by atoms with Gasteiger partial charge in [-0.25, -0.2) is 13.2 Å². The van der Waals surface area contributed by atoms with Gasteiger partial charge in [-0.15, -0.1) is 0 Å². The van der Waals surface area contributed by atoms with E-state index in [0.717, 1.165) is 6.07 Å². The molecule has 1 nitrogen and oxygen atoms in total. The lowest BCUT2D eigenvalue weighted by molar-refractivity contribution is 0.476. The average Bonchev–Trinajstić information content (AvgIpc) is 2.34. The van der Waals surface area contributed by atoms with Gasteiger partial charge in [-0.05, 0) is 43.2 Å². The van der Waals surface area contributed by atoms with Crippen molar-refractivity contribution in [2.24, 2.45) is 5.73 Å². The van der Waals surface area contributed by atoms with E-state index in [1.165, 1.54) is 38.1 Å². The van der Waals surface area contributed by atoms with E-state index in [2.05, 4.69) is 0 Å². The van der Waals surface area contributed by atoms with Crippen LogP contribution in [0.25, 0.3) is 0 Å². The lowest BCUT2D eigenvalue weighted by Crippen LogP contribution is -2.36. The minimum absolute atomic E-state index is 0.252. The van der Waals surface area contributed by atoms with E-state index in [4.69, 9.17) is 5.73 Å². The molecule has 0 saturated heterocycles. The Bertz CT molecular complexity index is 621. The molecule has 0 aromatic heterocycles. The van der Waals surface area contributed by atoms with Gasteiger partial charge in [-0.3, -0.25) is 0 Å². The second-order valence-corrected chi connectivity index (χ2v) is 4.77. The third-order valence-electron chi connectivity index (χ3n) is 3.23. The molecule has 2 N–H and O–H groups in total. The van der Waals surface area contributed by atoms with Crippen molar-refractivity contribution in [3.05, 3.63) is 70.5 Å². The molecule has 0 saturated carbocycles. The fourth-order valence-corrected chi connectivity index (χ4v) is 2.09. The van der Waals surface area contributed by atoms with Crippen molar-refractivity contribution < 1.29 is 13.2 Å². The fraction of sp³-hybridized carbons (Fsp3) is 0.200. The van der Waals surface area contributed by atoms with Crippen LogP contribution in [-0.4, -0.2) is 0 Å². The van der Waals surface area contributed by atoms with Gasteiger partial charge in [0.15, 0.2) is 0 Å². The van der Waals surface area contributed by atoms with Gasteiger partial charge in [0, 0.05) is 5.56 Å². The summed E-state index contributed by atoms with van der Waals surface area (Å²) in [5, 5.41) is 0. The van der Waals surface area contributed by atoms with Crippen molar-refractivity contribution in [3.8, 4) is 0 Å². The molecule has 2 aromatic rings. The van der Waals surface area contributed by atoms with Crippen molar-refractivity contribution in [2.45, 2.75) is 19.4 Å². The number of rotatable bonds is 2. The largest absolute Gasteiger partial charge is 0.318 e. The summed E-state index contributed by atoms with van der Waals surface area (Å²) < 4.78 is 41.3. The van der Waals surface area contributed by atoms with Crippen LogP contribution < -0.4 is 5.73 Å². The Hall–Kier alpha value is -1.81. The standard InChI is InChI=1S/C15H14F3N/c1-9-6-7-12(17)13(14(9)18)15(2,19)10-4-3-5-11(16)8-10/h3-8H,19H2,1-2H3.